The van der Waals surface area contributed by atoms with Crippen LogP contribution in [0.15, 0.2) is 48.5 Å². The highest BCUT2D eigenvalue weighted by Gasteiger charge is 2.35. The van der Waals surface area contributed by atoms with Gasteiger partial charge in [-0.3, -0.25) is 14.4 Å². The van der Waals surface area contributed by atoms with Crippen molar-refractivity contribution >= 4 is 17.7 Å². The zero-order valence-electron chi connectivity index (χ0n) is 21.3. The first-order chi connectivity index (χ1) is 16.7. The summed E-state index contributed by atoms with van der Waals surface area (Å²) in [6.07, 6.45) is 1.26. The molecule has 1 aliphatic heterocycles. The van der Waals surface area contributed by atoms with Crippen molar-refractivity contribution < 1.29 is 19.1 Å². The highest BCUT2D eigenvalue weighted by molar-refractivity contribution is 5.99. The first-order valence-electron chi connectivity index (χ1n) is 12.3. The number of carbonyl (C=O) groups excluding carboxylic acids is 3. The van der Waals surface area contributed by atoms with Crippen LogP contribution in [0, 0.1) is 18.8 Å². The summed E-state index contributed by atoms with van der Waals surface area (Å²) < 4.78 is 5.17. The van der Waals surface area contributed by atoms with Crippen LogP contribution in [0.25, 0.3) is 0 Å². The molecule has 1 saturated heterocycles. The molecule has 1 fully saturated rings. The van der Waals surface area contributed by atoms with E-state index in [9.17, 15) is 14.4 Å². The minimum Gasteiger partial charge on any atom is -0.497 e. The summed E-state index contributed by atoms with van der Waals surface area (Å²) in [6, 6.07) is 13.8. The summed E-state index contributed by atoms with van der Waals surface area (Å²) >= 11 is 0. The molecule has 2 aromatic rings. The lowest BCUT2D eigenvalue weighted by atomic mass is 9.87. The average molecular weight is 480 g/mol. The van der Waals surface area contributed by atoms with E-state index in [1.54, 1.807) is 37.4 Å². The first-order valence-corrected chi connectivity index (χ1v) is 12.3. The molecule has 7 nitrogen and oxygen atoms in total. The minimum atomic E-state index is -0.665. The topological polar surface area (TPSA) is 87.7 Å². The summed E-state index contributed by atoms with van der Waals surface area (Å²) in [6.45, 7) is 9.01. The van der Waals surface area contributed by atoms with Crippen LogP contribution in [-0.2, 0) is 4.79 Å². The Morgan fingerprint density at radius 3 is 2.14 bits per heavy atom. The van der Waals surface area contributed by atoms with Gasteiger partial charge in [-0.05, 0) is 74.4 Å². The third-order valence-corrected chi connectivity index (χ3v) is 6.96. The molecule has 0 spiro atoms. The fraction of sp³-hybridized carbons (Fsp3) is 0.464. The number of nitrogens with zero attached hydrogens (tertiary/aromatic N) is 1. The number of benzene rings is 2. The van der Waals surface area contributed by atoms with E-state index >= 15 is 0 Å². The second-order valence-electron chi connectivity index (χ2n) is 9.67. The second-order valence-corrected chi connectivity index (χ2v) is 9.67. The fourth-order valence-electron chi connectivity index (χ4n) is 4.28. The monoisotopic (exact) mass is 479 g/mol. The molecule has 3 rings (SSSR count). The van der Waals surface area contributed by atoms with Crippen molar-refractivity contribution in [2.24, 2.45) is 11.8 Å². The van der Waals surface area contributed by atoms with Gasteiger partial charge in [0.05, 0.1) is 7.11 Å². The molecule has 1 aliphatic rings. The Bertz CT molecular complexity index is 1030. The molecule has 35 heavy (non-hydrogen) atoms. The van der Waals surface area contributed by atoms with Crippen molar-refractivity contribution in [3.63, 3.8) is 0 Å². The Labute approximate surface area is 208 Å². The molecule has 2 aromatic carbocycles. The second kappa shape index (κ2) is 11.9. The lowest BCUT2D eigenvalue weighted by molar-refractivity contribution is -0.125. The number of hydrogen-bond acceptors (Lipinski definition) is 4. The molecule has 0 radical (unpaired) electrons. The highest BCUT2D eigenvalue weighted by atomic mass is 16.5. The van der Waals surface area contributed by atoms with E-state index in [1.807, 2.05) is 36.9 Å². The van der Waals surface area contributed by atoms with Crippen molar-refractivity contribution in [2.45, 2.75) is 52.6 Å². The predicted octanol–water partition coefficient (Wildman–Crippen LogP) is 3.82. The van der Waals surface area contributed by atoms with Crippen LogP contribution in [0.5, 0.6) is 5.75 Å². The maximum Gasteiger partial charge on any atom is 0.253 e. The van der Waals surface area contributed by atoms with Crippen LogP contribution in [-0.4, -0.2) is 54.9 Å². The highest BCUT2D eigenvalue weighted by Crippen LogP contribution is 2.24. The Hall–Kier alpha value is -3.35. The largest absolute Gasteiger partial charge is 0.497 e. The number of hydrogen-bond donors (Lipinski definition) is 2. The quantitative estimate of drug-likeness (QED) is 0.603. The Morgan fingerprint density at radius 1 is 0.943 bits per heavy atom. The number of aryl methyl sites for hydroxylation is 1. The van der Waals surface area contributed by atoms with Crippen LogP contribution in [0.3, 0.4) is 0 Å². The molecule has 2 N–H and O–H groups in total. The van der Waals surface area contributed by atoms with E-state index in [-0.39, 0.29) is 35.6 Å². The maximum atomic E-state index is 13.3. The van der Waals surface area contributed by atoms with Gasteiger partial charge < -0.3 is 20.3 Å². The van der Waals surface area contributed by atoms with E-state index in [0.29, 0.717) is 42.8 Å². The number of ether oxygens (including phenoxy) is 1. The van der Waals surface area contributed by atoms with E-state index < -0.39 is 6.04 Å². The summed E-state index contributed by atoms with van der Waals surface area (Å²) in [5.41, 5.74) is 2.03. The number of nitrogens with one attached hydrogen (secondary N) is 2. The van der Waals surface area contributed by atoms with E-state index in [2.05, 4.69) is 24.5 Å². The molecule has 7 heteroatoms. The van der Waals surface area contributed by atoms with Crippen LogP contribution < -0.4 is 15.4 Å². The van der Waals surface area contributed by atoms with E-state index in [0.717, 1.165) is 5.56 Å². The molecular formula is C28H37N3O4. The first kappa shape index (κ1) is 26.3. The number of likely N-dealkylation sites (tertiary alicyclic amines) is 1. The van der Waals surface area contributed by atoms with Crippen molar-refractivity contribution in [1.29, 1.82) is 0 Å². The van der Waals surface area contributed by atoms with Gasteiger partial charge in [-0.25, -0.2) is 0 Å². The van der Waals surface area contributed by atoms with Crippen molar-refractivity contribution in [2.75, 3.05) is 20.2 Å². The lowest BCUT2D eigenvalue weighted by Crippen LogP contribution is -2.55. The standard InChI is InChI=1S/C28H37N3O4/c1-18(2)20(4)29-27(33)25(30-26(32)24-9-7-6-8-19(24)3)21-14-16-31(17-15-21)28(34)22-10-12-23(35-5)13-11-22/h6-13,18,20-21,25H,14-17H2,1-5H3,(H,29,33)(H,30,32)/t20-,25+/m0/s1. The molecule has 3 amide bonds. The molecule has 0 aliphatic carbocycles. The molecule has 0 bridgehead atoms. The number of rotatable bonds is 8. The fourth-order valence-corrected chi connectivity index (χ4v) is 4.28. The zero-order chi connectivity index (χ0) is 25.5. The normalized spacial score (nSPS) is 15.9. The zero-order valence-corrected chi connectivity index (χ0v) is 21.3. The Kier molecular flexibility index (Phi) is 8.90. The van der Waals surface area contributed by atoms with Gasteiger partial charge in [0.2, 0.25) is 5.91 Å². The molecular weight excluding hydrogens is 442 g/mol. The van der Waals surface area contributed by atoms with Gasteiger partial charge in [0.1, 0.15) is 11.8 Å². The number of methoxy groups -OCH3 is 1. The maximum absolute atomic E-state index is 13.3. The van der Waals surface area contributed by atoms with Gasteiger partial charge >= 0.3 is 0 Å². The molecule has 1 heterocycles. The van der Waals surface area contributed by atoms with Gasteiger partial charge in [0, 0.05) is 30.3 Å². The van der Waals surface area contributed by atoms with Crippen LogP contribution in [0.4, 0.5) is 0 Å². The average Bonchev–Trinajstić information content (AvgIpc) is 2.87. The van der Waals surface area contributed by atoms with Gasteiger partial charge in [-0.15, -0.1) is 0 Å². The van der Waals surface area contributed by atoms with Crippen molar-refractivity contribution in [1.82, 2.24) is 15.5 Å². The molecule has 0 unspecified atom stereocenters. The summed E-state index contributed by atoms with van der Waals surface area (Å²) in [5.74, 6) is 0.446. The van der Waals surface area contributed by atoms with Gasteiger partial charge in [-0.2, -0.15) is 0 Å². The van der Waals surface area contributed by atoms with E-state index in [1.165, 1.54) is 0 Å². The molecule has 0 aromatic heterocycles. The molecule has 2 atom stereocenters. The molecule has 188 valence electrons. The number of amides is 3. The minimum absolute atomic E-state index is 0.0166. The lowest BCUT2D eigenvalue weighted by Gasteiger charge is -2.36. The summed E-state index contributed by atoms with van der Waals surface area (Å²) in [4.78, 5) is 41.2. The van der Waals surface area contributed by atoms with E-state index in [4.69, 9.17) is 4.74 Å². The number of carbonyl (C=O) groups is 3. The van der Waals surface area contributed by atoms with Crippen molar-refractivity contribution in [3.05, 3.63) is 65.2 Å². The SMILES string of the molecule is COc1ccc(C(=O)N2CCC([C@@H](NC(=O)c3ccccc3C)C(=O)N[C@@H](C)C(C)C)CC2)cc1. The van der Waals surface area contributed by atoms with Crippen molar-refractivity contribution in [3.8, 4) is 5.75 Å². The van der Waals surface area contributed by atoms with Crippen LogP contribution in [0.1, 0.15) is 59.9 Å². The number of piperidine rings is 1. The Morgan fingerprint density at radius 2 is 1.57 bits per heavy atom. The smallest absolute Gasteiger partial charge is 0.253 e. The third kappa shape index (κ3) is 6.62. The van der Waals surface area contributed by atoms with Crippen LogP contribution in [0.2, 0.25) is 0 Å². The van der Waals surface area contributed by atoms with Gasteiger partial charge in [0.15, 0.2) is 0 Å². The predicted molar refractivity (Wildman–Crippen MR) is 136 cm³/mol. The van der Waals surface area contributed by atoms with Crippen LogP contribution >= 0.6 is 0 Å². The summed E-state index contributed by atoms with van der Waals surface area (Å²) in [7, 11) is 1.59. The molecule has 0 saturated carbocycles. The Balaban J connectivity index is 1.71. The van der Waals surface area contributed by atoms with Gasteiger partial charge in [-0.1, -0.05) is 32.0 Å². The van der Waals surface area contributed by atoms with Gasteiger partial charge in [0.25, 0.3) is 11.8 Å². The summed E-state index contributed by atoms with van der Waals surface area (Å²) in [5, 5.41) is 6.08. The third-order valence-electron chi connectivity index (χ3n) is 6.96.